The van der Waals surface area contributed by atoms with Crippen LogP contribution in [-0.4, -0.2) is 30.8 Å². The van der Waals surface area contributed by atoms with Gasteiger partial charge in [0.15, 0.2) is 6.61 Å². The fraction of sp³-hybridized carbons (Fsp3) is 0.400. The second kappa shape index (κ2) is 8.26. The number of amides is 1. The number of pyridine rings is 1. The molecule has 0 aliphatic heterocycles. The molecule has 9 heteroatoms. The molecule has 1 aromatic carbocycles. The quantitative estimate of drug-likeness (QED) is 0.694. The van der Waals surface area contributed by atoms with Crippen LogP contribution in [0.25, 0.3) is 0 Å². The molecule has 1 fully saturated rings. The first-order valence-corrected chi connectivity index (χ1v) is 8.97. The fourth-order valence-corrected chi connectivity index (χ4v) is 3.06. The fourth-order valence-electron chi connectivity index (χ4n) is 3.06. The predicted molar refractivity (Wildman–Crippen MR) is 96.1 cm³/mol. The lowest BCUT2D eigenvalue weighted by atomic mass is 10.1. The lowest BCUT2D eigenvalue weighted by Crippen LogP contribution is -2.29. The topological polar surface area (TPSA) is 60.5 Å². The molecule has 0 radical (unpaired) electrons. The molecular weight excluding hydrogens is 392 g/mol. The van der Waals surface area contributed by atoms with E-state index in [4.69, 9.17) is 4.74 Å². The molecular formula is C20H20F4N2O3. The lowest BCUT2D eigenvalue weighted by molar-refractivity contribution is -0.153. The van der Waals surface area contributed by atoms with Crippen molar-refractivity contribution in [2.75, 3.05) is 13.7 Å². The highest BCUT2D eigenvalue weighted by Gasteiger charge is 2.45. The molecule has 1 aliphatic carbocycles. The van der Waals surface area contributed by atoms with Crippen LogP contribution in [0.3, 0.4) is 0 Å². The van der Waals surface area contributed by atoms with Crippen molar-refractivity contribution in [2.24, 2.45) is 5.92 Å². The molecule has 3 rings (SSSR count). The normalized spacial score (nSPS) is 19.4. The van der Waals surface area contributed by atoms with Crippen molar-refractivity contribution in [3.05, 3.63) is 53.6 Å². The third-order valence-electron chi connectivity index (χ3n) is 4.70. The third-order valence-corrected chi connectivity index (χ3v) is 4.70. The van der Waals surface area contributed by atoms with Crippen molar-refractivity contribution < 1.29 is 31.8 Å². The summed E-state index contributed by atoms with van der Waals surface area (Å²) in [6.45, 7) is 0.313. The third kappa shape index (κ3) is 5.36. The van der Waals surface area contributed by atoms with Gasteiger partial charge in [0, 0.05) is 12.0 Å². The van der Waals surface area contributed by atoms with Gasteiger partial charge in [0.2, 0.25) is 5.91 Å². The van der Waals surface area contributed by atoms with Crippen molar-refractivity contribution in [3.8, 4) is 11.5 Å². The van der Waals surface area contributed by atoms with Crippen LogP contribution in [0.4, 0.5) is 17.6 Å². The van der Waals surface area contributed by atoms with Crippen molar-refractivity contribution in [1.82, 2.24) is 10.3 Å². The smallest absolute Gasteiger partial charge is 0.422 e. The number of methoxy groups -OCH3 is 1. The van der Waals surface area contributed by atoms with Gasteiger partial charge in [-0.15, -0.1) is 0 Å². The van der Waals surface area contributed by atoms with Gasteiger partial charge in [-0.3, -0.25) is 9.78 Å². The maximum atomic E-state index is 14.2. The summed E-state index contributed by atoms with van der Waals surface area (Å²) in [4.78, 5) is 16.5. The summed E-state index contributed by atoms with van der Waals surface area (Å²) in [6.07, 6.45) is -2.71. The van der Waals surface area contributed by atoms with E-state index in [1.807, 2.05) is 0 Å². The van der Waals surface area contributed by atoms with Gasteiger partial charge in [-0.1, -0.05) is 6.07 Å². The SMILES string of the molecule is COc1ccc([C@@H]2C[C@H]2C(=O)N[C@H](C)c2ccc(OCC(F)(F)F)cn2)c(F)c1. The minimum atomic E-state index is -4.43. The van der Waals surface area contributed by atoms with E-state index in [0.717, 1.165) is 0 Å². The molecule has 1 aliphatic rings. The second-order valence-corrected chi connectivity index (χ2v) is 6.89. The molecule has 1 N–H and O–H groups in total. The molecule has 1 saturated carbocycles. The molecule has 0 spiro atoms. The summed E-state index contributed by atoms with van der Waals surface area (Å²) < 4.78 is 60.2. The Morgan fingerprint density at radius 1 is 1.28 bits per heavy atom. The maximum Gasteiger partial charge on any atom is 0.422 e. The van der Waals surface area contributed by atoms with Gasteiger partial charge in [0.05, 0.1) is 25.0 Å². The summed E-state index contributed by atoms with van der Waals surface area (Å²) in [5.74, 6) is -0.767. The molecule has 156 valence electrons. The number of rotatable bonds is 7. The molecule has 2 aromatic rings. The van der Waals surface area contributed by atoms with E-state index in [1.165, 1.54) is 31.5 Å². The zero-order chi connectivity index (χ0) is 21.2. The van der Waals surface area contributed by atoms with Crippen LogP contribution >= 0.6 is 0 Å². The van der Waals surface area contributed by atoms with Crippen molar-refractivity contribution >= 4 is 5.91 Å². The van der Waals surface area contributed by atoms with Crippen molar-refractivity contribution in [1.29, 1.82) is 0 Å². The molecule has 0 saturated heterocycles. The van der Waals surface area contributed by atoms with Crippen LogP contribution < -0.4 is 14.8 Å². The molecule has 1 aromatic heterocycles. The number of hydrogen-bond acceptors (Lipinski definition) is 4. The highest BCUT2D eigenvalue weighted by Crippen LogP contribution is 2.49. The highest BCUT2D eigenvalue weighted by molar-refractivity contribution is 5.83. The number of halogens is 4. The average molecular weight is 412 g/mol. The van der Waals surface area contributed by atoms with Gasteiger partial charge in [-0.25, -0.2) is 4.39 Å². The maximum absolute atomic E-state index is 14.2. The van der Waals surface area contributed by atoms with E-state index in [1.54, 1.807) is 19.1 Å². The highest BCUT2D eigenvalue weighted by atomic mass is 19.4. The Morgan fingerprint density at radius 2 is 2.00 bits per heavy atom. The number of carbonyl (C=O) groups is 1. The average Bonchev–Trinajstić information content (AvgIpc) is 3.46. The van der Waals surface area contributed by atoms with E-state index in [2.05, 4.69) is 15.0 Å². The Bertz CT molecular complexity index is 871. The first-order chi connectivity index (χ1) is 13.7. The summed E-state index contributed by atoms with van der Waals surface area (Å²) in [7, 11) is 1.45. The minimum absolute atomic E-state index is 0.0122. The largest absolute Gasteiger partial charge is 0.497 e. The van der Waals surface area contributed by atoms with Gasteiger partial charge in [-0.2, -0.15) is 13.2 Å². The van der Waals surface area contributed by atoms with E-state index in [0.29, 0.717) is 23.4 Å². The Labute approximate surface area is 165 Å². The van der Waals surface area contributed by atoms with Crippen molar-refractivity contribution in [2.45, 2.75) is 31.5 Å². The summed E-state index contributed by atoms with van der Waals surface area (Å²) in [5.41, 5.74) is 0.952. The number of ether oxygens (including phenoxy) is 2. The van der Waals surface area contributed by atoms with Gasteiger partial charge in [-0.05, 0) is 43.0 Å². The first-order valence-electron chi connectivity index (χ1n) is 8.97. The predicted octanol–water partition coefficient (Wildman–Crippen LogP) is 4.15. The van der Waals surface area contributed by atoms with Crippen LogP contribution in [0.2, 0.25) is 0 Å². The zero-order valence-electron chi connectivity index (χ0n) is 15.8. The van der Waals surface area contributed by atoms with Crippen LogP contribution in [0.5, 0.6) is 11.5 Å². The molecule has 29 heavy (non-hydrogen) atoms. The Balaban J connectivity index is 1.55. The Morgan fingerprint density at radius 3 is 2.59 bits per heavy atom. The number of hydrogen-bond donors (Lipinski definition) is 1. The van der Waals surface area contributed by atoms with E-state index in [9.17, 15) is 22.4 Å². The second-order valence-electron chi connectivity index (χ2n) is 6.89. The Hall–Kier alpha value is -2.84. The number of nitrogens with one attached hydrogen (secondary N) is 1. The first kappa shape index (κ1) is 20.9. The number of aromatic nitrogens is 1. The summed E-state index contributed by atoms with van der Waals surface area (Å²) in [6, 6.07) is 6.96. The van der Waals surface area contributed by atoms with Gasteiger partial charge >= 0.3 is 6.18 Å². The molecule has 1 amide bonds. The monoisotopic (exact) mass is 412 g/mol. The summed E-state index contributed by atoms with van der Waals surface area (Å²) in [5, 5.41) is 2.81. The number of benzene rings is 1. The van der Waals surface area contributed by atoms with Gasteiger partial charge in [0.1, 0.15) is 17.3 Å². The van der Waals surface area contributed by atoms with Crippen LogP contribution in [0.15, 0.2) is 36.5 Å². The van der Waals surface area contributed by atoms with Crippen molar-refractivity contribution in [3.63, 3.8) is 0 Å². The van der Waals surface area contributed by atoms with Crippen LogP contribution in [0, 0.1) is 11.7 Å². The minimum Gasteiger partial charge on any atom is -0.497 e. The molecule has 0 bridgehead atoms. The van der Waals surface area contributed by atoms with E-state index >= 15 is 0 Å². The lowest BCUT2D eigenvalue weighted by Gasteiger charge is -2.14. The van der Waals surface area contributed by atoms with E-state index in [-0.39, 0.29) is 23.5 Å². The molecule has 0 unspecified atom stereocenters. The standard InChI is InChI=1S/C20H20F4N2O3/c1-11(18-6-4-13(9-25-18)29-10-20(22,23)24)26-19(27)16-8-15(16)14-5-3-12(28-2)7-17(14)21/h3-7,9,11,15-16H,8,10H2,1-2H3,(H,26,27)/t11-,15+,16-/m1/s1. The molecule has 5 nitrogen and oxygen atoms in total. The van der Waals surface area contributed by atoms with Gasteiger partial charge < -0.3 is 14.8 Å². The number of alkyl halides is 3. The number of nitrogens with zero attached hydrogens (tertiary/aromatic N) is 1. The van der Waals surface area contributed by atoms with Crippen LogP contribution in [0.1, 0.15) is 36.6 Å². The van der Waals surface area contributed by atoms with Crippen LogP contribution in [-0.2, 0) is 4.79 Å². The Kier molecular flexibility index (Phi) is 5.95. The number of carbonyl (C=O) groups excluding carboxylic acids is 1. The summed E-state index contributed by atoms with van der Waals surface area (Å²) >= 11 is 0. The zero-order valence-corrected chi connectivity index (χ0v) is 15.8. The van der Waals surface area contributed by atoms with Gasteiger partial charge in [0.25, 0.3) is 0 Å². The molecule has 3 atom stereocenters. The van der Waals surface area contributed by atoms with E-state index < -0.39 is 24.6 Å². The molecule has 1 heterocycles.